The number of alkyl halides is 3. The minimum atomic E-state index is -4.42. The zero-order valence-corrected chi connectivity index (χ0v) is 14.8. The van der Waals surface area contributed by atoms with E-state index in [4.69, 9.17) is 11.6 Å². The molecule has 0 bridgehead atoms. The molecule has 1 aromatic carbocycles. The number of nitrogens with zero attached hydrogens (tertiary/aromatic N) is 1. The average molecular weight is 403 g/mol. The van der Waals surface area contributed by atoms with Gasteiger partial charge in [-0.3, -0.25) is 10.1 Å². The van der Waals surface area contributed by atoms with Gasteiger partial charge in [0, 0.05) is 22.5 Å². The lowest BCUT2D eigenvalue weighted by atomic mass is 10.1. The van der Waals surface area contributed by atoms with Crippen LogP contribution in [0, 0.1) is 0 Å². The van der Waals surface area contributed by atoms with Crippen molar-refractivity contribution in [3.05, 3.63) is 67.8 Å². The van der Waals surface area contributed by atoms with Gasteiger partial charge in [-0.2, -0.15) is 13.2 Å². The maximum absolute atomic E-state index is 12.8. The van der Waals surface area contributed by atoms with Crippen LogP contribution in [0.4, 0.5) is 18.3 Å². The fourth-order valence-corrected chi connectivity index (χ4v) is 3.72. The maximum Gasteiger partial charge on any atom is 0.416 e. The van der Waals surface area contributed by atoms with E-state index in [1.807, 2.05) is 0 Å². The van der Waals surface area contributed by atoms with Crippen molar-refractivity contribution in [2.24, 2.45) is 0 Å². The van der Waals surface area contributed by atoms with Crippen molar-refractivity contribution >= 4 is 45.3 Å². The topological polar surface area (TPSA) is 42.0 Å². The summed E-state index contributed by atoms with van der Waals surface area (Å²) in [5, 5.41) is 5.10. The number of benzene rings is 1. The van der Waals surface area contributed by atoms with Crippen molar-refractivity contribution in [3.8, 4) is 0 Å². The number of hydrogen-bond acceptors (Lipinski definition) is 4. The van der Waals surface area contributed by atoms with Gasteiger partial charge in [0.25, 0.3) is 5.91 Å². The molecule has 1 N–H and O–H groups in total. The first-order valence-corrected chi connectivity index (χ1v) is 9.05. The molecule has 0 radical (unpaired) electrons. The van der Waals surface area contributed by atoms with Gasteiger partial charge in [-0.25, -0.2) is 4.98 Å². The summed E-state index contributed by atoms with van der Waals surface area (Å²) in [6.45, 7) is 0. The zero-order chi connectivity index (χ0) is 18.0. The number of carbonyl (C=O) groups excluding carboxylic acids is 1. The molecule has 2 heterocycles. The van der Waals surface area contributed by atoms with Crippen LogP contribution in [0.5, 0.6) is 0 Å². The molecule has 0 saturated heterocycles. The first kappa shape index (κ1) is 17.9. The van der Waals surface area contributed by atoms with Gasteiger partial charge in [-0.05, 0) is 35.2 Å². The number of thiophene rings is 1. The molecule has 9 heteroatoms. The Kier molecular flexibility index (Phi) is 5.12. The van der Waals surface area contributed by atoms with Gasteiger partial charge < -0.3 is 0 Å². The second kappa shape index (κ2) is 7.15. The summed E-state index contributed by atoms with van der Waals surface area (Å²) in [5.74, 6) is -0.270. The molecule has 130 valence electrons. The third-order valence-electron chi connectivity index (χ3n) is 3.26. The minimum absolute atomic E-state index is 0.204. The fourth-order valence-electron chi connectivity index (χ4n) is 2.09. The van der Waals surface area contributed by atoms with Crippen LogP contribution in [0.25, 0.3) is 0 Å². The largest absolute Gasteiger partial charge is 0.416 e. The monoisotopic (exact) mass is 402 g/mol. The maximum atomic E-state index is 12.8. The van der Waals surface area contributed by atoms with E-state index in [9.17, 15) is 18.0 Å². The van der Waals surface area contributed by atoms with Crippen LogP contribution < -0.4 is 5.32 Å². The van der Waals surface area contributed by atoms with Crippen molar-refractivity contribution in [1.82, 2.24) is 4.98 Å². The molecule has 0 fully saturated rings. The number of amides is 1. The minimum Gasteiger partial charge on any atom is -0.297 e. The number of hydrogen-bond donors (Lipinski definition) is 1. The van der Waals surface area contributed by atoms with Crippen LogP contribution >= 0.6 is 34.3 Å². The summed E-state index contributed by atoms with van der Waals surface area (Å²) in [6.07, 6.45) is -2.70. The summed E-state index contributed by atoms with van der Waals surface area (Å²) in [4.78, 5) is 17.3. The van der Waals surface area contributed by atoms with Crippen LogP contribution in [0.1, 0.15) is 25.7 Å². The van der Waals surface area contributed by atoms with Gasteiger partial charge in [0.2, 0.25) is 0 Å². The molecule has 3 nitrogen and oxygen atoms in total. The van der Waals surface area contributed by atoms with Crippen LogP contribution in [0.15, 0.2) is 41.9 Å². The molecule has 0 aliphatic carbocycles. The molecule has 0 spiro atoms. The van der Waals surface area contributed by atoms with Gasteiger partial charge in [-0.15, -0.1) is 22.7 Å². The quantitative estimate of drug-likeness (QED) is 0.606. The highest BCUT2D eigenvalue weighted by molar-refractivity contribution is 7.16. The standard InChI is InChI=1S/C16H10ClF3N2OS2/c17-12-4-3-10(16(18,19)20)6-9(12)7-11-8-21-15(25-11)22-14(23)13-2-1-5-24-13/h1-6,8H,7H2,(H,21,22,23). The smallest absolute Gasteiger partial charge is 0.297 e. The number of rotatable bonds is 4. The summed E-state index contributed by atoms with van der Waals surface area (Å²) in [7, 11) is 0. The lowest BCUT2D eigenvalue weighted by molar-refractivity contribution is -0.137. The van der Waals surface area contributed by atoms with E-state index >= 15 is 0 Å². The van der Waals surface area contributed by atoms with E-state index in [0.717, 1.165) is 12.1 Å². The molecule has 3 rings (SSSR count). The van der Waals surface area contributed by atoms with E-state index in [1.165, 1.54) is 34.9 Å². The van der Waals surface area contributed by atoms with Gasteiger partial charge in [0.15, 0.2) is 5.13 Å². The Morgan fingerprint density at radius 3 is 2.76 bits per heavy atom. The molecular weight excluding hydrogens is 393 g/mol. The number of thiazole rings is 1. The molecule has 0 aliphatic heterocycles. The molecule has 0 aliphatic rings. The molecule has 3 aromatic rings. The normalized spacial score (nSPS) is 11.5. The Balaban J connectivity index is 1.74. The number of halogens is 4. The van der Waals surface area contributed by atoms with E-state index in [1.54, 1.807) is 17.5 Å². The third-order valence-corrected chi connectivity index (χ3v) is 5.41. The van der Waals surface area contributed by atoms with E-state index in [0.29, 0.717) is 20.4 Å². The Labute approximate surface area is 154 Å². The summed E-state index contributed by atoms with van der Waals surface area (Å²) >= 11 is 8.51. The summed E-state index contributed by atoms with van der Waals surface area (Å²) in [5.41, 5.74) is -0.390. The Morgan fingerprint density at radius 2 is 2.08 bits per heavy atom. The first-order chi connectivity index (χ1) is 11.8. The predicted octanol–water partition coefficient (Wildman–Crippen LogP) is 5.72. The van der Waals surface area contributed by atoms with E-state index in [-0.39, 0.29) is 17.4 Å². The van der Waals surface area contributed by atoms with Crippen molar-refractivity contribution < 1.29 is 18.0 Å². The van der Waals surface area contributed by atoms with Gasteiger partial charge in [0.1, 0.15) is 0 Å². The number of carbonyl (C=O) groups is 1. The lowest BCUT2D eigenvalue weighted by Gasteiger charge is -2.09. The Bertz CT molecular complexity index is 891. The predicted molar refractivity (Wildman–Crippen MR) is 93.6 cm³/mol. The SMILES string of the molecule is O=C(Nc1ncc(Cc2cc(C(F)(F)F)ccc2Cl)s1)c1cccs1. The third kappa shape index (κ3) is 4.39. The Morgan fingerprint density at radius 1 is 1.28 bits per heavy atom. The Hall–Kier alpha value is -1.90. The van der Waals surface area contributed by atoms with Gasteiger partial charge in [-0.1, -0.05) is 17.7 Å². The highest BCUT2D eigenvalue weighted by atomic mass is 35.5. The van der Waals surface area contributed by atoms with Crippen molar-refractivity contribution in [1.29, 1.82) is 0 Å². The van der Waals surface area contributed by atoms with E-state index < -0.39 is 11.7 Å². The zero-order valence-electron chi connectivity index (χ0n) is 12.4. The van der Waals surface area contributed by atoms with Crippen molar-refractivity contribution in [2.75, 3.05) is 5.32 Å². The fraction of sp³-hybridized carbons (Fsp3) is 0.125. The average Bonchev–Trinajstić information content (AvgIpc) is 3.20. The van der Waals surface area contributed by atoms with Crippen molar-refractivity contribution in [3.63, 3.8) is 0 Å². The lowest BCUT2D eigenvalue weighted by Crippen LogP contribution is -2.09. The summed E-state index contributed by atoms with van der Waals surface area (Å²) in [6, 6.07) is 6.68. The second-order valence-corrected chi connectivity index (χ2v) is 7.51. The van der Waals surface area contributed by atoms with Crippen LogP contribution in [0.3, 0.4) is 0 Å². The molecule has 25 heavy (non-hydrogen) atoms. The highest BCUT2D eigenvalue weighted by Crippen LogP contribution is 2.33. The van der Waals surface area contributed by atoms with Gasteiger partial charge in [0.05, 0.1) is 10.4 Å². The molecule has 0 unspecified atom stereocenters. The van der Waals surface area contributed by atoms with Gasteiger partial charge >= 0.3 is 6.18 Å². The number of nitrogens with one attached hydrogen (secondary N) is 1. The number of aromatic nitrogens is 1. The molecule has 2 aromatic heterocycles. The van der Waals surface area contributed by atoms with Crippen molar-refractivity contribution in [2.45, 2.75) is 12.6 Å². The molecule has 1 amide bonds. The molecular formula is C16H10ClF3N2OS2. The summed E-state index contributed by atoms with van der Waals surface area (Å²) < 4.78 is 38.5. The van der Waals surface area contributed by atoms with E-state index in [2.05, 4.69) is 10.3 Å². The van der Waals surface area contributed by atoms with Crippen LogP contribution in [-0.4, -0.2) is 10.9 Å². The molecule has 0 saturated carbocycles. The molecule has 0 atom stereocenters. The van der Waals surface area contributed by atoms with Crippen LogP contribution in [-0.2, 0) is 12.6 Å². The number of anilines is 1. The van der Waals surface area contributed by atoms with Crippen LogP contribution in [0.2, 0.25) is 5.02 Å². The second-order valence-electron chi connectivity index (χ2n) is 5.04. The highest BCUT2D eigenvalue weighted by Gasteiger charge is 2.30. The first-order valence-electron chi connectivity index (χ1n) is 6.98.